The van der Waals surface area contributed by atoms with Gasteiger partial charge in [0, 0.05) is 23.5 Å². The summed E-state index contributed by atoms with van der Waals surface area (Å²) in [4.78, 5) is 24.2. The van der Waals surface area contributed by atoms with Gasteiger partial charge in [-0.1, -0.05) is 6.07 Å². The number of carbonyl (C=O) groups is 1. The maximum absolute atomic E-state index is 14.2. The Morgan fingerprint density at radius 1 is 1.16 bits per heavy atom. The molecule has 5 nitrogen and oxygen atoms in total. The lowest BCUT2D eigenvalue weighted by Gasteiger charge is -2.24. The number of hydrogen-bond acceptors (Lipinski definition) is 5. The van der Waals surface area contributed by atoms with Gasteiger partial charge in [0.05, 0.1) is 18.4 Å². The number of hydrogen-bond donors (Lipinski definition) is 1. The van der Waals surface area contributed by atoms with Gasteiger partial charge in [0.1, 0.15) is 11.5 Å². The summed E-state index contributed by atoms with van der Waals surface area (Å²) >= 11 is 1.62. The van der Waals surface area contributed by atoms with E-state index in [-0.39, 0.29) is 23.7 Å². The molecule has 1 aliphatic heterocycles. The third kappa shape index (κ3) is 4.87. The van der Waals surface area contributed by atoms with Gasteiger partial charge in [-0.3, -0.25) is 9.78 Å². The van der Waals surface area contributed by atoms with Crippen LogP contribution in [0.15, 0.2) is 35.8 Å². The fourth-order valence-electron chi connectivity index (χ4n) is 3.55. The molecular weight excluding hydrogens is 425 g/mol. The van der Waals surface area contributed by atoms with Crippen LogP contribution in [0, 0.1) is 17.5 Å². The van der Waals surface area contributed by atoms with Crippen molar-refractivity contribution in [3.63, 3.8) is 0 Å². The highest BCUT2D eigenvalue weighted by Crippen LogP contribution is 2.27. The van der Waals surface area contributed by atoms with Crippen LogP contribution in [0.2, 0.25) is 0 Å². The highest BCUT2D eigenvalue weighted by Gasteiger charge is 2.24. The minimum Gasteiger partial charge on any atom is -0.351 e. The van der Waals surface area contributed by atoms with E-state index in [9.17, 15) is 18.0 Å². The number of fused-ring (bicyclic) bond motifs is 1. The highest BCUT2D eigenvalue weighted by atomic mass is 32.1. The molecule has 4 rings (SSSR count). The Bertz CT molecular complexity index is 1070. The SMILES string of the molecule is O=C(NCCc1cccs1)c1cnc2c(n1)N(Cc1c(F)ccc(F)c1F)CCCC2. The summed E-state index contributed by atoms with van der Waals surface area (Å²) in [6, 6.07) is 5.64. The molecule has 0 radical (unpaired) electrons. The number of benzene rings is 1. The molecular formula is C22H21F3N4OS. The predicted molar refractivity (Wildman–Crippen MR) is 113 cm³/mol. The summed E-state index contributed by atoms with van der Waals surface area (Å²) in [5.41, 5.74) is 0.433. The Balaban J connectivity index is 1.54. The molecule has 1 aliphatic rings. The second kappa shape index (κ2) is 9.47. The minimum atomic E-state index is -1.21. The average Bonchev–Trinajstić information content (AvgIpc) is 3.21. The number of halogens is 3. The summed E-state index contributed by atoms with van der Waals surface area (Å²) in [6.07, 6.45) is 4.38. The molecule has 31 heavy (non-hydrogen) atoms. The van der Waals surface area contributed by atoms with Crippen LogP contribution in [-0.4, -0.2) is 29.0 Å². The molecule has 1 amide bonds. The Labute approximate surface area is 182 Å². The zero-order valence-electron chi connectivity index (χ0n) is 16.7. The van der Waals surface area contributed by atoms with Gasteiger partial charge >= 0.3 is 0 Å². The first-order valence-corrected chi connectivity index (χ1v) is 10.9. The van der Waals surface area contributed by atoms with Crippen LogP contribution in [-0.2, 0) is 19.4 Å². The molecule has 3 heterocycles. The van der Waals surface area contributed by atoms with Gasteiger partial charge in [0.2, 0.25) is 0 Å². The molecule has 0 spiro atoms. The van der Waals surface area contributed by atoms with Gasteiger partial charge in [-0.25, -0.2) is 18.2 Å². The van der Waals surface area contributed by atoms with E-state index in [1.165, 1.54) is 11.1 Å². The molecule has 1 N–H and O–H groups in total. The first kappa shape index (κ1) is 21.3. The standard InChI is InChI=1S/C22H21F3N4OS/c23-16-6-7-17(24)20(25)15(16)13-29-10-2-1-5-18-21(29)28-19(12-27-18)22(30)26-9-8-14-4-3-11-31-14/h3-4,6-7,11-12H,1-2,5,8-10,13H2,(H,26,30). The number of amides is 1. The third-order valence-electron chi connectivity index (χ3n) is 5.18. The predicted octanol–water partition coefficient (Wildman–Crippen LogP) is 4.27. The van der Waals surface area contributed by atoms with Crippen molar-refractivity contribution in [2.75, 3.05) is 18.0 Å². The van der Waals surface area contributed by atoms with E-state index in [1.54, 1.807) is 16.2 Å². The number of rotatable bonds is 6. The first-order valence-electron chi connectivity index (χ1n) is 10.1. The molecule has 2 aromatic heterocycles. The van der Waals surface area contributed by atoms with E-state index in [0.717, 1.165) is 25.0 Å². The molecule has 9 heteroatoms. The Hall–Kier alpha value is -2.94. The maximum Gasteiger partial charge on any atom is 0.271 e. The van der Waals surface area contributed by atoms with Crippen molar-refractivity contribution in [3.05, 3.63) is 75.1 Å². The van der Waals surface area contributed by atoms with Crippen molar-refractivity contribution in [3.8, 4) is 0 Å². The van der Waals surface area contributed by atoms with Crippen molar-refractivity contribution in [2.24, 2.45) is 0 Å². The summed E-state index contributed by atoms with van der Waals surface area (Å²) in [6.45, 7) is 0.739. The number of nitrogens with one attached hydrogen (secondary N) is 1. The van der Waals surface area contributed by atoms with E-state index in [2.05, 4.69) is 15.3 Å². The smallest absolute Gasteiger partial charge is 0.271 e. The molecule has 0 aliphatic carbocycles. The number of thiophene rings is 1. The number of anilines is 1. The fraction of sp³-hybridized carbons (Fsp3) is 0.318. The lowest BCUT2D eigenvalue weighted by Crippen LogP contribution is -2.30. The molecule has 162 valence electrons. The van der Waals surface area contributed by atoms with E-state index < -0.39 is 17.5 Å². The lowest BCUT2D eigenvalue weighted by molar-refractivity contribution is 0.0949. The summed E-state index contributed by atoms with van der Waals surface area (Å²) in [5, 5.41) is 4.81. The van der Waals surface area contributed by atoms with Gasteiger partial charge < -0.3 is 10.2 Å². The molecule has 1 aromatic carbocycles. The lowest BCUT2D eigenvalue weighted by atomic mass is 10.1. The van der Waals surface area contributed by atoms with Gasteiger partial charge in [-0.15, -0.1) is 11.3 Å². The average molecular weight is 446 g/mol. The van der Waals surface area contributed by atoms with E-state index in [0.29, 0.717) is 37.4 Å². The largest absolute Gasteiger partial charge is 0.351 e. The second-order valence-corrected chi connectivity index (χ2v) is 8.34. The van der Waals surface area contributed by atoms with Crippen molar-refractivity contribution < 1.29 is 18.0 Å². The topological polar surface area (TPSA) is 58.1 Å². The van der Waals surface area contributed by atoms with Crippen LogP contribution in [0.4, 0.5) is 19.0 Å². The zero-order chi connectivity index (χ0) is 21.8. The van der Waals surface area contributed by atoms with Crippen molar-refractivity contribution in [2.45, 2.75) is 32.2 Å². The second-order valence-electron chi connectivity index (χ2n) is 7.31. The van der Waals surface area contributed by atoms with Crippen LogP contribution in [0.25, 0.3) is 0 Å². The first-order chi connectivity index (χ1) is 15.0. The van der Waals surface area contributed by atoms with Crippen LogP contribution in [0.1, 0.15) is 39.5 Å². The van der Waals surface area contributed by atoms with E-state index in [4.69, 9.17) is 0 Å². The Kier molecular flexibility index (Phi) is 6.50. The van der Waals surface area contributed by atoms with Gasteiger partial charge in [-0.2, -0.15) is 0 Å². The Morgan fingerprint density at radius 2 is 2.00 bits per heavy atom. The molecule has 0 fully saturated rings. The summed E-state index contributed by atoms with van der Waals surface area (Å²) in [7, 11) is 0. The van der Waals surface area contributed by atoms with Crippen molar-refractivity contribution in [1.82, 2.24) is 15.3 Å². The third-order valence-corrected chi connectivity index (χ3v) is 6.11. The molecule has 0 saturated heterocycles. The number of aryl methyl sites for hydroxylation is 1. The maximum atomic E-state index is 14.2. The normalized spacial score (nSPS) is 13.6. The van der Waals surface area contributed by atoms with E-state index >= 15 is 0 Å². The minimum absolute atomic E-state index is 0.136. The quantitative estimate of drug-likeness (QED) is 0.575. The van der Waals surface area contributed by atoms with Crippen LogP contribution >= 0.6 is 11.3 Å². The van der Waals surface area contributed by atoms with Gasteiger partial charge in [0.25, 0.3) is 5.91 Å². The highest BCUT2D eigenvalue weighted by molar-refractivity contribution is 7.09. The fourth-order valence-corrected chi connectivity index (χ4v) is 4.26. The number of aromatic nitrogens is 2. The zero-order valence-corrected chi connectivity index (χ0v) is 17.5. The number of nitrogens with zero attached hydrogens (tertiary/aromatic N) is 3. The summed E-state index contributed by atoms with van der Waals surface area (Å²) < 4.78 is 42.1. The molecule has 0 bridgehead atoms. The van der Waals surface area contributed by atoms with Crippen LogP contribution in [0.3, 0.4) is 0 Å². The molecule has 3 aromatic rings. The van der Waals surface area contributed by atoms with Gasteiger partial charge in [0.15, 0.2) is 17.5 Å². The Morgan fingerprint density at radius 3 is 2.81 bits per heavy atom. The van der Waals surface area contributed by atoms with Crippen LogP contribution in [0.5, 0.6) is 0 Å². The van der Waals surface area contributed by atoms with Crippen molar-refractivity contribution >= 4 is 23.1 Å². The van der Waals surface area contributed by atoms with Crippen molar-refractivity contribution in [1.29, 1.82) is 0 Å². The van der Waals surface area contributed by atoms with Gasteiger partial charge in [-0.05, 0) is 49.3 Å². The molecule has 0 atom stereocenters. The monoisotopic (exact) mass is 446 g/mol. The number of carbonyl (C=O) groups excluding carboxylic acids is 1. The van der Waals surface area contributed by atoms with Crippen LogP contribution < -0.4 is 10.2 Å². The molecule has 0 saturated carbocycles. The molecule has 0 unspecified atom stereocenters. The summed E-state index contributed by atoms with van der Waals surface area (Å²) in [5.74, 6) is -3.08. The van der Waals surface area contributed by atoms with E-state index in [1.807, 2.05) is 17.5 Å².